The summed E-state index contributed by atoms with van der Waals surface area (Å²) < 4.78 is 0. The first-order chi connectivity index (χ1) is 9.30. The fraction of sp³-hybridized carbons (Fsp3) is 0.400. The van der Waals surface area contributed by atoms with Crippen LogP contribution in [0, 0.1) is 0 Å². The number of thiophene rings is 1. The van der Waals surface area contributed by atoms with Crippen LogP contribution in [0.4, 0.5) is 5.82 Å². The first-order valence-corrected chi connectivity index (χ1v) is 7.59. The predicted molar refractivity (Wildman–Crippen MR) is 78.6 cm³/mol. The molecule has 0 spiro atoms. The Morgan fingerprint density at radius 3 is 3.11 bits per heavy atom. The fourth-order valence-electron chi connectivity index (χ4n) is 2.51. The highest BCUT2D eigenvalue weighted by molar-refractivity contribution is 7.10. The van der Waals surface area contributed by atoms with E-state index in [9.17, 15) is 5.11 Å². The van der Waals surface area contributed by atoms with Crippen molar-refractivity contribution < 1.29 is 5.11 Å². The van der Waals surface area contributed by atoms with Crippen LogP contribution < -0.4 is 4.90 Å². The Morgan fingerprint density at radius 1 is 1.42 bits per heavy atom. The molecule has 2 aromatic heterocycles. The van der Waals surface area contributed by atoms with Crippen molar-refractivity contribution in [3.63, 3.8) is 0 Å². The summed E-state index contributed by atoms with van der Waals surface area (Å²) in [5.74, 6) is 1.00. The van der Waals surface area contributed by atoms with Crippen molar-refractivity contribution in [3.8, 4) is 0 Å². The van der Waals surface area contributed by atoms with Gasteiger partial charge in [0.25, 0.3) is 0 Å². The number of rotatable bonds is 3. The van der Waals surface area contributed by atoms with Crippen LogP contribution in [0.5, 0.6) is 0 Å². The first-order valence-electron chi connectivity index (χ1n) is 6.71. The smallest absolute Gasteiger partial charge is 0.129 e. The highest BCUT2D eigenvalue weighted by atomic mass is 32.1. The maximum absolute atomic E-state index is 9.36. The largest absolute Gasteiger partial charge is 0.392 e. The van der Waals surface area contributed by atoms with Gasteiger partial charge in [0, 0.05) is 23.7 Å². The summed E-state index contributed by atoms with van der Waals surface area (Å²) in [5, 5.41) is 11.5. The highest BCUT2D eigenvalue weighted by Gasteiger charge is 2.18. The van der Waals surface area contributed by atoms with E-state index in [-0.39, 0.29) is 6.61 Å². The fourth-order valence-corrected chi connectivity index (χ4v) is 3.40. The normalized spacial score (nSPS) is 14.5. The van der Waals surface area contributed by atoms with Crippen molar-refractivity contribution in [2.24, 2.45) is 0 Å². The lowest BCUT2D eigenvalue weighted by atomic mass is 10.1. The lowest BCUT2D eigenvalue weighted by Gasteiger charge is -2.28. The van der Waals surface area contributed by atoms with Gasteiger partial charge in [0.2, 0.25) is 0 Å². The molecular weight excluding hydrogens is 256 g/mol. The Kier molecular flexibility index (Phi) is 3.53. The zero-order valence-electron chi connectivity index (χ0n) is 11.1. The van der Waals surface area contributed by atoms with E-state index in [2.05, 4.69) is 23.3 Å². The molecule has 1 aliphatic heterocycles. The molecule has 0 amide bonds. The minimum atomic E-state index is 0.0834. The summed E-state index contributed by atoms with van der Waals surface area (Å²) in [6.45, 7) is 4.13. The van der Waals surface area contributed by atoms with Crippen molar-refractivity contribution in [2.45, 2.75) is 32.9 Å². The third-order valence-corrected chi connectivity index (χ3v) is 4.62. The predicted octanol–water partition coefficient (Wildman–Crippen LogP) is 2.76. The van der Waals surface area contributed by atoms with Crippen molar-refractivity contribution in [1.82, 2.24) is 4.98 Å². The van der Waals surface area contributed by atoms with Crippen LogP contribution in [0.2, 0.25) is 0 Å². The third kappa shape index (κ3) is 2.51. The number of aromatic nitrogens is 1. The number of aryl methyl sites for hydroxylation is 1. The van der Waals surface area contributed by atoms with Gasteiger partial charge in [0.05, 0.1) is 6.61 Å². The van der Waals surface area contributed by atoms with Crippen molar-refractivity contribution in [2.75, 3.05) is 11.4 Å². The van der Waals surface area contributed by atoms with E-state index in [1.165, 1.54) is 10.4 Å². The lowest BCUT2D eigenvalue weighted by molar-refractivity contribution is 0.281. The molecular formula is C15H18N2OS. The van der Waals surface area contributed by atoms with Crippen LogP contribution in [0.1, 0.15) is 28.6 Å². The van der Waals surface area contributed by atoms with Crippen LogP contribution in [0.3, 0.4) is 0 Å². The van der Waals surface area contributed by atoms with Gasteiger partial charge < -0.3 is 10.0 Å². The molecule has 0 fully saturated rings. The second kappa shape index (κ2) is 5.31. The molecule has 0 radical (unpaired) electrons. The van der Waals surface area contributed by atoms with Crippen LogP contribution in [0.25, 0.3) is 0 Å². The van der Waals surface area contributed by atoms with Gasteiger partial charge in [-0.05, 0) is 47.5 Å². The van der Waals surface area contributed by atoms with Gasteiger partial charge in [-0.25, -0.2) is 4.98 Å². The number of nitrogens with zero attached hydrogens (tertiary/aromatic N) is 2. The summed E-state index contributed by atoms with van der Waals surface area (Å²) >= 11 is 1.85. The van der Waals surface area contributed by atoms with E-state index in [1.807, 2.05) is 23.5 Å². The van der Waals surface area contributed by atoms with Crippen LogP contribution >= 0.6 is 11.3 Å². The maximum Gasteiger partial charge on any atom is 0.129 e. The van der Waals surface area contributed by atoms with Gasteiger partial charge in [0.15, 0.2) is 0 Å². The number of aliphatic hydroxyl groups excluding tert-OH is 1. The summed E-state index contributed by atoms with van der Waals surface area (Å²) in [4.78, 5) is 8.52. The average molecular weight is 274 g/mol. The summed E-state index contributed by atoms with van der Waals surface area (Å²) in [6.07, 6.45) is 2.00. The topological polar surface area (TPSA) is 36.4 Å². The Balaban J connectivity index is 1.90. The van der Waals surface area contributed by atoms with Gasteiger partial charge in [-0.1, -0.05) is 6.92 Å². The Bertz CT molecular complexity index is 557. The van der Waals surface area contributed by atoms with Crippen LogP contribution in [-0.4, -0.2) is 16.6 Å². The molecule has 0 unspecified atom stereocenters. The van der Waals surface area contributed by atoms with Crippen LogP contribution in [0.15, 0.2) is 23.6 Å². The number of aliphatic hydroxyl groups is 1. The monoisotopic (exact) mass is 274 g/mol. The molecule has 3 nitrogen and oxygen atoms in total. The average Bonchev–Trinajstić information content (AvgIpc) is 2.94. The lowest BCUT2D eigenvalue weighted by Crippen LogP contribution is -2.30. The van der Waals surface area contributed by atoms with Crippen LogP contribution in [-0.2, 0) is 26.0 Å². The summed E-state index contributed by atoms with van der Waals surface area (Å²) in [5.41, 5.74) is 3.43. The molecule has 2 aromatic rings. The minimum absolute atomic E-state index is 0.0834. The molecule has 1 N–H and O–H groups in total. The van der Waals surface area contributed by atoms with Gasteiger partial charge in [-0.3, -0.25) is 0 Å². The number of anilines is 1. The molecule has 19 heavy (non-hydrogen) atoms. The van der Waals surface area contributed by atoms with E-state index in [1.54, 1.807) is 0 Å². The first kappa shape index (κ1) is 12.6. The molecule has 3 rings (SSSR count). The molecule has 0 aromatic carbocycles. The second-order valence-electron chi connectivity index (χ2n) is 4.88. The number of hydrogen-bond acceptors (Lipinski definition) is 4. The van der Waals surface area contributed by atoms with Crippen molar-refractivity contribution in [3.05, 3.63) is 45.3 Å². The van der Waals surface area contributed by atoms with E-state index < -0.39 is 0 Å². The zero-order valence-corrected chi connectivity index (χ0v) is 11.9. The maximum atomic E-state index is 9.36. The molecule has 100 valence electrons. The second-order valence-corrected chi connectivity index (χ2v) is 5.88. The van der Waals surface area contributed by atoms with Gasteiger partial charge in [-0.2, -0.15) is 0 Å². The van der Waals surface area contributed by atoms with E-state index in [4.69, 9.17) is 4.98 Å². The molecule has 0 saturated heterocycles. The molecule has 0 bridgehead atoms. The number of hydrogen-bond donors (Lipinski definition) is 1. The number of pyridine rings is 1. The standard InChI is InChI=1S/C15H18N2OS/c1-2-13-7-11(10-18)8-15(16-13)17-5-3-14-12(9-17)4-6-19-14/h4,6-8,18H,2-3,5,9-10H2,1H3. The van der Waals surface area contributed by atoms with Crippen molar-refractivity contribution in [1.29, 1.82) is 0 Å². The van der Waals surface area contributed by atoms with Gasteiger partial charge in [0.1, 0.15) is 5.82 Å². The molecule has 0 atom stereocenters. The number of fused-ring (bicyclic) bond motifs is 1. The van der Waals surface area contributed by atoms with Gasteiger partial charge >= 0.3 is 0 Å². The third-order valence-electron chi connectivity index (χ3n) is 3.60. The molecule has 3 heterocycles. The zero-order chi connectivity index (χ0) is 13.2. The molecule has 4 heteroatoms. The summed E-state index contributed by atoms with van der Waals surface area (Å²) in [6, 6.07) is 6.21. The highest BCUT2D eigenvalue weighted by Crippen LogP contribution is 2.27. The van der Waals surface area contributed by atoms with E-state index in [0.717, 1.165) is 43.0 Å². The quantitative estimate of drug-likeness (QED) is 0.935. The molecule has 0 aliphatic carbocycles. The SMILES string of the molecule is CCc1cc(CO)cc(N2CCc3sccc3C2)n1. The molecule has 1 aliphatic rings. The Hall–Kier alpha value is -1.39. The van der Waals surface area contributed by atoms with Gasteiger partial charge in [-0.15, -0.1) is 11.3 Å². The van der Waals surface area contributed by atoms with E-state index in [0.29, 0.717) is 0 Å². The van der Waals surface area contributed by atoms with Crippen molar-refractivity contribution >= 4 is 17.2 Å². The summed E-state index contributed by atoms with van der Waals surface area (Å²) in [7, 11) is 0. The Labute approximate surface area is 117 Å². The Morgan fingerprint density at radius 2 is 2.32 bits per heavy atom. The minimum Gasteiger partial charge on any atom is -0.392 e. The molecule has 0 saturated carbocycles. The van der Waals surface area contributed by atoms with E-state index >= 15 is 0 Å².